The quantitative estimate of drug-likeness (QED) is 0.214. The molecule has 2 rings (SSSR count). The number of hydrogen-bond donors (Lipinski definition) is 6. The number of amides is 5. The number of nitrogens with one attached hydrogen (secondary N) is 5. The Balaban J connectivity index is 2.27. The number of aromatic hydroxyl groups is 1. The lowest BCUT2D eigenvalue weighted by atomic mass is 10.0. The van der Waals surface area contributed by atoms with E-state index in [0.29, 0.717) is 5.56 Å². The van der Waals surface area contributed by atoms with Gasteiger partial charge in [0.05, 0.1) is 6.04 Å². The number of hydrogen-bond acceptors (Lipinski definition) is 9. The number of carbonyl (C=O) groups excluding carboxylic acids is 6. The monoisotopic (exact) mass is 645 g/mol. The highest BCUT2D eigenvalue weighted by molar-refractivity contribution is 5.95. The van der Waals surface area contributed by atoms with Crippen molar-refractivity contribution < 1.29 is 43.3 Å². The van der Waals surface area contributed by atoms with Crippen LogP contribution in [0.1, 0.15) is 61.0 Å². The summed E-state index contributed by atoms with van der Waals surface area (Å²) < 4.78 is 10.6. The minimum absolute atomic E-state index is 0.0281. The van der Waals surface area contributed by atoms with Crippen LogP contribution in [-0.4, -0.2) is 83.2 Å². The zero-order valence-corrected chi connectivity index (χ0v) is 27.6. The Morgan fingerprint density at radius 1 is 1.00 bits per heavy atom. The van der Waals surface area contributed by atoms with Crippen molar-refractivity contribution in [3.8, 4) is 5.75 Å². The van der Waals surface area contributed by atoms with Crippen LogP contribution in [0.4, 0.5) is 4.79 Å². The maximum atomic E-state index is 13.5. The van der Waals surface area contributed by atoms with Crippen molar-refractivity contribution >= 4 is 35.7 Å². The highest BCUT2D eigenvalue weighted by atomic mass is 16.6. The molecule has 5 atom stereocenters. The third-order valence-corrected chi connectivity index (χ3v) is 6.80. The molecular weight excluding hydrogens is 598 g/mol. The van der Waals surface area contributed by atoms with Gasteiger partial charge in [-0.1, -0.05) is 45.9 Å². The van der Waals surface area contributed by atoms with Crippen molar-refractivity contribution in [3.05, 3.63) is 42.0 Å². The second-order valence-corrected chi connectivity index (χ2v) is 12.9. The van der Waals surface area contributed by atoms with Gasteiger partial charge < -0.3 is 41.2 Å². The summed E-state index contributed by atoms with van der Waals surface area (Å²) in [5.74, 6) is -3.85. The first-order chi connectivity index (χ1) is 21.4. The van der Waals surface area contributed by atoms with Gasteiger partial charge in [0, 0.05) is 12.5 Å². The number of ether oxygens (including phenoxy) is 2. The fourth-order valence-electron chi connectivity index (χ4n) is 4.33. The van der Waals surface area contributed by atoms with Crippen molar-refractivity contribution in [2.24, 2.45) is 11.8 Å². The molecule has 0 aliphatic carbocycles. The zero-order valence-electron chi connectivity index (χ0n) is 27.6. The standard InChI is InChI=1S/C32H47N5O9/c1-17(2)25-28(41)33-19(5)30(43)45-16-21(11-14-24(39)36-25)34-29(42)26(18(3)4)37-27(40)23(35-31(44)46-32(6,7)8)15-20-9-12-22(38)13-10-20/h9-14,17-19,21,23,25-26,38H,15-16H2,1-8H3,(H,33,41)(H,34,42)(H,35,44)(H,36,39)(H,37,40)/b14-11-/t19-,21+,23-,25-,26-/m0/s1. The summed E-state index contributed by atoms with van der Waals surface area (Å²) in [4.78, 5) is 77.5. The number of cyclic esters (lactones) is 1. The van der Waals surface area contributed by atoms with Crippen LogP contribution >= 0.6 is 0 Å². The molecule has 46 heavy (non-hydrogen) atoms. The van der Waals surface area contributed by atoms with Crippen LogP contribution in [0.25, 0.3) is 0 Å². The Morgan fingerprint density at radius 2 is 1.63 bits per heavy atom. The molecule has 1 aliphatic heterocycles. The molecule has 0 unspecified atom stereocenters. The van der Waals surface area contributed by atoms with Gasteiger partial charge in [-0.3, -0.25) is 19.2 Å². The molecule has 0 spiro atoms. The van der Waals surface area contributed by atoms with Gasteiger partial charge >= 0.3 is 12.1 Å². The number of esters is 1. The van der Waals surface area contributed by atoms with E-state index in [2.05, 4.69) is 26.6 Å². The highest BCUT2D eigenvalue weighted by Crippen LogP contribution is 2.14. The molecule has 1 aliphatic rings. The van der Waals surface area contributed by atoms with Gasteiger partial charge in [0.15, 0.2) is 0 Å². The Hall–Kier alpha value is -4.62. The normalized spacial score (nSPS) is 21.3. The van der Waals surface area contributed by atoms with Gasteiger partial charge in [0.2, 0.25) is 23.6 Å². The summed E-state index contributed by atoms with van der Waals surface area (Å²) in [7, 11) is 0. The summed E-state index contributed by atoms with van der Waals surface area (Å²) in [6.07, 6.45) is 1.66. The second-order valence-electron chi connectivity index (χ2n) is 12.9. The summed E-state index contributed by atoms with van der Waals surface area (Å²) in [6.45, 7) is 13.0. The Labute approximate surface area is 269 Å². The van der Waals surface area contributed by atoms with E-state index in [1.54, 1.807) is 60.6 Å². The van der Waals surface area contributed by atoms with E-state index in [0.717, 1.165) is 6.08 Å². The lowest BCUT2D eigenvalue weighted by Crippen LogP contribution is -2.57. The lowest BCUT2D eigenvalue weighted by molar-refractivity contribution is -0.148. The van der Waals surface area contributed by atoms with Crippen molar-refractivity contribution in [2.75, 3.05) is 6.61 Å². The summed E-state index contributed by atoms with van der Waals surface area (Å²) >= 11 is 0. The van der Waals surface area contributed by atoms with E-state index >= 15 is 0 Å². The van der Waals surface area contributed by atoms with Gasteiger partial charge in [0.1, 0.15) is 42.1 Å². The molecule has 14 heteroatoms. The van der Waals surface area contributed by atoms with E-state index in [1.165, 1.54) is 25.1 Å². The molecule has 0 bridgehead atoms. The van der Waals surface area contributed by atoms with Crippen molar-refractivity contribution in [2.45, 2.75) is 97.6 Å². The van der Waals surface area contributed by atoms with Crippen LogP contribution in [0, 0.1) is 11.8 Å². The molecule has 5 amide bonds. The Bertz CT molecular complexity index is 1290. The van der Waals surface area contributed by atoms with Crippen molar-refractivity contribution in [3.63, 3.8) is 0 Å². The molecule has 6 N–H and O–H groups in total. The van der Waals surface area contributed by atoms with E-state index in [1.807, 2.05) is 0 Å². The maximum Gasteiger partial charge on any atom is 0.408 e. The minimum Gasteiger partial charge on any atom is -0.508 e. The van der Waals surface area contributed by atoms with E-state index in [9.17, 15) is 33.9 Å². The minimum atomic E-state index is -1.15. The van der Waals surface area contributed by atoms with E-state index in [4.69, 9.17) is 9.47 Å². The predicted molar refractivity (Wildman–Crippen MR) is 168 cm³/mol. The Kier molecular flexibility index (Phi) is 13.6. The molecule has 1 heterocycles. The third-order valence-electron chi connectivity index (χ3n) is 6.80. The molecule has 1 aromatic rings. The maximum absolute atomic E-state index is 13.5. The molecule has 0 aromatic heterocycles. The fraction of sp³-hybridized carbons (Fsp3) is 0.562. The van der Waals surface area contributed by atoms with Crippen molar-refractivity contribution in [1.29, 1.82) is 0 Å². The van der Waals surface area contributed by atoms with Crippen LogP contribution < -0.4 is 26.6 Å². The first-order valence-electron chi connectivity index (χ1n) is 15.2. The molecule has 14 nitrogen and oxygen atoms in total. The number of carbonyl (C=O) groups is 6. The first-order valence-corrected chi connectivity index (χ1v) is 15.2. The number of rotatable bonds is 9. The summed E-state index contributed by atoms with van der Waals surface area (Å²) in [5, 5.41) is 22.7. The van der Waals surface area contributed by atoms with E-state index in [-0.39, 0.29) is 24.7 Å². The topological polar surface area (TPSA) is 201 Å². The van der Waals surface area contributed by atoms with Gasteiger partial charge in [-0.05, 0) is 57.2 Å². The largest absolute Gasteiger partial charge is 0.508 e. The van der Waals surface area contributed by atoms with Crippen LogP contribution in [-0.2, 0) is 39.9 Å². The molecule has 0 fully saturated rings. The fourth-order valence-corrected chi connectivity index (χ4v) is 4.33. The van der Waals surface area contributed by atoms with Crippen LogP contribution in [0.3, 0.4) is 0 Å². The zero-order chi connectivity index (χ0) is 34.8. The first kappa shape index (κ1) is 37.6. The van der Waals surface area contributed by atoms with Gasteiger partial charge in [-0.15, -0.1) is 0 Å². The van der Waals surface area contributed by atoms with Gasteiger partial charge in [-0.25, -0.2) is 9.59 Å². The smallest absolute Gasteiger partial charge is 0.408 e. The van der Waals surface area contributed by atoms with Crippen LogP contribution in [0.15, 0.2) is 36.4 Å². The number of phenols is 1. The average Bonchev–Trinajstić information content (AvgIpc) is 2.94. The second kappa shape index (κ2) is 16.6. The SMILES string of the molecule is CC(C)[C@@H]1NC(=O)/C=C\[C@@H](NC(=O)[C@@H](NC(=O)[C@H](Cc2ccc(O)cc2)NC(=O)OC(C)(C)C)C(C)C)COC(=O)[C@H](C)NC1=O. The number of benzene rings is 1. The molecule has 0 saturated carbocycles. The third kappa shape index (κ3) is 12.4. The average molecular weight is 646 g/mol. The van der Waals surface area contributed by atoms with Crippen molar-refractivity contribution in [1.82, 2.24) is 26.6 Å². The van der Waals surface area contributed by atoms with Gasteiger partial charge in [0.25, 0.3) is 0 Å². The van der Waals surface area contributed by atoms with E-state index < -0.39 is 77.4 Å². The van der Waals surface area contributed by atoms with Crippen LogP contribution in [0.2, 0.25) is 0 Å². The summed E-state index contributed by atoms with van der Waals surface area (Å²) in [6, 6.07) is 0.952. The number of alkyl carbamates (subject to hydrolysis) is 1. The Morgan fingerprint density at radius 3 is 2.20 bits per heavy atom. The molecule has 254 valence electrons. The summed E-state index contributed by atoms with van der Waals surface area (Å²) in [5.41, 5.74) is -0.201. The molecule has 0 saturated heterocycles. The highest BCUT2D eigenvalue weighted by Gasteiger charge is 2.32. The van der Waals surface area contributed by atoms with Gasteiger partial charge in [-0.2, -0.15) is 0 Å². The predicted octanol–water partition coefficient (Wildman–Crippen LogP) is 1.21. The lowest BCUT2D eigenvalue weighted by Gasteiger charge is -2.28. The molecule has 1 aromatic carbocycles. The molecule has 0 radical (unpaired) electrons. The number of phenolic OH excluding ortho intramolecular Hbond substituents is 1. The van der Waals surface area contributed by atoms with Crippen LogP contribution in [0.5, 0.6) is 5.75 Å². The molecular formula is C32H47N5O9.